The highest BCUT2D eigenvalue weighted by molar-refractivity contribution is 9.10. The summed E-state index contributed by atoms with van der Waals surface area (Å²) in [4.78, 5) is 26.3. The molecule has 0 spiro atoms. The fourth-order valence-corrected chi connectivity index (χ4v) is 2.92. The Hall–Kier alpha value is -2.12. The summed E-state index contributed by atoms with van der Waals surface area (Å²) < 4.78 is 5.70. The molecule has 0 saturated carbocycles. The molecular formula is C17H18BrN3O3. The zero-order chi connectivity index (χ0) is 17.1. The second-order valence-electron chi connectivity index (χ2n) is 5.76. The number of likely N-dealkylation sites (tertiary alicyclic amines) is 1. The first-order valence-electron chi connectivity index (χ1n) is 7.74. The molecule has 0 aliphatic carbocycles. The van der Waals surface area contributed by atoms with E-state index in [4.69, 9.17) is 10.2 Å². The van der Waals surface area contributed by atoms with Gasteiger partial charge >= 0.3 is 0 Å². The van der Waals surface area contributed by atoms with Crippen molar-refractivity contribution in [3.05, 3.63) is 52.4 Å². The third-order valence-corrected chi connectivity index (χ3v) is 4.44. The van der Waals surface area contributed by atoms with Crippen LogP contribution < -0.4 is 11.1 Å². The minimum atomic E-state index is -0.343. The molecule has 3 N–H and O–H groups in total. The van der Waals surface area contributed by atoms with E-state index in [-0.39, 0.29) is 23.6 Å². The fourth-order valence-electron chi connectivity index (χ4n) is 2.61. The number of furan rings is 1. The standard InChI is InChI=1S/C17H18BrN3O3/c18-15-6-5-14(24-15)16(22)20-13-3-1-11(2-4-13)17(23)21-9-7-12(19)8-10-21/h1-6,12H,7-10,19H2,(H,20,22). The predicted octanol–water partition coefficient (Wildman–Crippen LogP) is 2.86. The van der Waals surface area contributed by atoms with Crippen molar-refractivity contribution in [2.45, 2.75) is 18.9 Å². The van der Waals surface area contributed by atoms with Crippen molar-refractivity contribution in [1.82, 2.24) is 4.90 Å². The number of nitrogens with one attached hydrogen (secondary N) is 1. The normalized spacial score (nSPS) is 15.3. The summed E-state index contributed by atoms with van der Waals surface area (Å²) in [5.74, 6) is -0.133. The number of carbonyl (C=O) groups excluding carboxylic acids is 2. The predicted molar refractivity (Wildman–Crippen MR) is 93.9 cm³/mol. The number of nitrogens with zero attached hydrogens (tertiary/aromatic N) is 1. The quantitative estimate of drug-likeness (QED) is 0.841. The smallest absolute Gasteiger partial charge is 0.291 e. The Bertz CT molecular complexity index is 734. The molecule has 0 bridgehead atoms. The van der Waals surface area contributed by atoms with Gasteiger partial charge in [0.1, 0.15) is 0 Å². The molecule has 24 heavy (non-hydrogen) atoms. The van der Waals surface area contributed by atoms with Crippen LogP contribution >= 0.6 is 15.9 Å². The van der Waals surface area contributed by atoms with Gasteiger partial charge in [-0.3, -0.25) is 9.59 Å². The number of carbonyl (C=O) groups is 2. The van der Waals surface area contributed by atoms with E-state index in [2.05, 4.69) is 21.2 Å². The summed E-state index contributed by atoms with van der Waals surface area (Å²) in [5.41, 5.74) is 7.07. The molecule has 1 fully saturated rings. The van der Waals surface area contributed by atoms with Crippen LogP contribution in [-0.2, 0) is 0 Å². The topological polar surface area (TPSA) is 88.6 Å². The van der Waals surface area contributed by atoms with E-state index in [1.165, 1.54) is 0 Å². The number of anilines is 1. The van der Waals surface area contributed by atoms with E-state index >= 15 is 0 Å². The molecule has 1 aromatic heterocycles. The van der Waals surface area contributed by atoms with Gasteiger partial charge in [-0.2, -0.15) is 0 Å². The van der Waals surface area contributed by atoms with Gasteiger partial charge in [-0.05, 0) is 65.2 Å². The lowest BCUT2D eigenvalue weighted by Crippen LogP contribution is -2.42. The van der Waals surface area contributed by atoms with Crippen molar-refractivity contribution in [2.75, 3.05) is 18.4 Å². The third kappa shape index (κ3) is 3.85. The average Bonchev–Trinajstić information content (AvgIpc) is 3.02. The van der Waals surface area contributed by atoms with Crippen molar-refractivity contribution in [3.8, 4) is 0 Å². The van der Waals surface area contributed by atoms with Crippen LogP contribution in [-0.4, -0.2) is 35.8 Å². The van der Waals surface area contributed by atoms with Gasteiger partial charge in [0.05, 0.1) is 0 Å². The zero-order valence-corrected chi connectivity index (χ0v) is 14.6. The molecule has 2 heterocycles. The number of hydrogen-bond donors (Lipinski definition) is 2. The summed E-state index contributed by atoms with van der Waals surface area (Å²) >= 11 is 3.16. The maximum absolute atomic E-state index is 12.4. The van der Waals surface area contributed by atoms with Crippen LogP contribution in [0.4, 0.5) is 5.69 Å². The minimum absolute atomic E-state index is 0.00487. The summed E-state index contributed by atoms with van der Waals surface area (Å²) in [7, 11) is 0. The molecule has 2 amide bonds. The van der Waals surface area contributed by atoms with Crippen molar-refractivity contribution in [1.29, 1.82) is 0 Å². The second kappa shape index (κ2) is 7.19. The van der Waals surface area contributed by atoms with Gasteiger partial charge in [0, 0.05) is 30.4 Å². The molecule has 6 nitrogen and oxygen atoms in total. The van der Waals surface area contributed by atoms with Crippen LogP contribution in [0, 0.1) is 0 Å². The number of benzene rings is 1. The van der Waals surface area contributed by atoms with Crippen LogP contribution in [0.25, 0.3) is 0 Å². The fraction of sp³-hybridized carbons (Fsp3) is 0.294. The Balaban J connectivity index is 1.62. The summed E-state index contributed by atoms with van der Waals surface area (Å²) in [6.07, 6.45) is 1.66. The summed E-state index contributed by atoms with van der Waals surface area (Å²) in [6, 6.07) is 10.3. The molecule has 1 saturated heterocycles. The molecular weight excluding hydrogens is 374 g/mol. The lowest BCUT2D eigenvalue weighted by molar-refractivity contribution is 0.0714. The molecule has 0 radical (unpaired) electrons. The highest BCUT2D eigenvalue weighted by atomic mass is 79.9. The van der Waals surface area contributed by atoms with E-state index in [0.717, 1.165) is 12.8 Å². The monoisotopic (exact) mass is 391 g/mol. The van der Waals surface area contributed by atoms with Crippen molar-refractivity contribution >= 4 is 33.4 Å². The molecule has 1 aliphatic heterocycles. The SMILES string of the molecule is NC1CCN(C(=O)c2ccc(NC(=O)c3ccc(Br)o3)cc2)CC1. The van der Waals surface area contributed by atoms with Gasteiger partial charge in [-0.1, -0.05) is 0 Å². The van der Waals surface area contributed by atoms with E-state index in [1.54, 1.807) is 36.4 Å². The third-order valence-electron chi connectivity index (χ3n) is 4.01. The van der Waals surface area contributed by atoms with Crippen LogP contribution in [0.5, 0.6) is 0 Å². The number of hydrogen-bond acceptors (Lipinski definition) is 4. The molecule has 7 heteroatoms. The van der Waals surface area contributed by atoms with Gasteiger partial charge in [0.2, 0.25) is 0 Å². The van der Waals surface area contributed by atoms with E-state index in [1.807, 2.05) is 4.90 Å². The number of halogens is 1. The molecule has 3 rings (SSSR count). The van der Waals surface area contributed by atoms with Gasteiger partial charge in [0.25, 0.3) is 11.8 Å². The Kier molecular flexibility index (Phi) is 5.01. The average molecular weight is 392 g/mol. The van der Waals surface area contributed by atoms with Gasteiger partial charge in [-0.25, -0.2) is 0 Å². The maximum atomic E-state index is 12.4. The molecule has 0 unspecified atom stereocenters. The number of amides is 2. The van der Waals surface area contributed by atoms with Crippen LogP contribution in [0.2, 0.25) is 0 Å². The molecule has 1 aliphatic rings. The molecule has 1 aromatic carbocycles. The highest BCUT2D eigenvalue weighted by Crippen LogP contribution is 2.18. The zero-order valence-electron chi connectivity index (χ0n) is 13.0. The van der Waals surface area contributed by atoms with Gasteiger partial charge < -0.3 is 20.4 Å². The van der Waals surface area contributed by atoms with E-state index in [9.17, 15) is 9.59 Å². The minimum Gasteiger partial charge on any atom is -0.444 e. The van der Waals surface area contributed by atoms with Gasteiger partial charge in [-0.15, -0.1) is 0 Å². The lowest BCUT2D eigenvalue weighted by atomic mass is 10.0. The van der Waals surface area contributed by atoms with Crippen LogP contribution in [0.1, 0.15) is 33.8 Å². The first kappa shape index (κ1) is 16.7. The van der Waals surface area contributed by atoms with E-state index in [0.29, 0.717) is 29.0 Å². The van der Waals surface area contributed by atoms with Crippen LogP contribution in [0.3, 0.4) is 0 Å². The number of nitrogens with two attached hydrogens (primary N) is 1. The first-order chi connectivity index (χ1) is 11.5. The highest BCUT2D eigenvalue weighted by Gasteiger charge is 2.21. The molecule has 0 atom stereocenters. The lowest BCUT2D eigenvalue weighted by Gasteiger charge is -2.30. The van der Waals surface area contributed by atoms with Crippen molar-refractivity contribution in [3.63, 3.8) is 0 Å². The van der Waals surface area contributed by atoms with Gasteiger partial charge in [0.15, 0.2) is 10.4 Å². The number of rotatable bonds is 3. The Labute approximate surface area is 148 Å². The largest absolute Gasteiger partial charge is 0.444 e. The van der Waals surface area contributed by atoms with Crippen LogP contribution in [0.15, 0.2) is 45.5 Å². The number of piperidine rings is 1. The molecule has 126 valence electrons. The van der Waals surface area contributed by atoms with E-state index < -0.39 is 0 Å². The Morgan fingerprint density at radius 1 is 1.12 bits per heavy atom. The Morgan fingerprint density at radius 3 is 2.38 bits per heavy atom. The molecule has 2 aromatic rings. The van der Waals surface area contributed by atoms with Crippen molar-refractivity contribution in [2.24, 2.45) is 5.73 Å². The maximum Gasteiger partial charge on any atom is 0.291 e. The first-order valence-corrected chi connectivity index (χ1v) is 8.54. The summed E-state index contributed by atoms with van der Waals surface area (Å²) in [6.45, 7) is 1.37. The second-order valence-corrected chi connectivity index (χ2v) is 6.55. The summed E-state index contributed by atoms with van der Waals surface area (Å²) in [5, 5.41) is 2.73. The van der Waals surface area contributed by atoms with Crippen molar-refractivity contribution < 1.29 is 14.0 Å². The Morgan fingerprint density at radius 2 is 1.79 bits per heavy atom.